The van der Waals surface area contributed by atoms with Crippen LogP contribution in [0.25, 0.3) is 5.69 Å². The Morgan fingerprint density at radius 2 is 1.74 bits per heavy atom. The maximum atomic E-state index is 15.6. The number of ether oxygens (including phenoxy) is 1. The summed E-state index contributed by atoms with van der Waals surface area (Å²) < 4.78 is 67.5. The number of halogens is 4. The highest BCUT2D eigenvalue weighted by Gasteiger charge is 2.33. The van der Waals surface area contributed by atoms with Crippen molar-refractivity contribution in [3.8, 4) is 11.4 Å². The molecule has 0 amide bonds. The summed E-state index contributed by atoms with van der Waals surface area (Å²) in [7, 11) is 5.04. The van der Waals surface area contributed by atoms with Crippen LogP contribution in [-0.2, 0) is 26.9 Å². The van der Waals surface area contributed by atoms with E-state index in [1.165, 1.54) is 19.2 Å². The number of nitrogens with zero attached hydrogens (tertiary/aromatic N) is 4. The second kappa shape index (κ2) is 16.3. The summed E-state index contributed by atoms with van der Waals surface area (Å²) in [5.74, 6) is -3.52. The summed E-state index contributed by atoms with van der Waals surface area (Å²) in [6, 6.07) is 11.5. The van der Waals surface area contributed by atoms with E-state index in [0.29, 0.717) is 44.8 Å². The van der Waals surface area contributed by atoms with Crippen molar-refractivity contribution < 1.29 is 41.6 Å². The van der Waals surface area contributed by atoms with Gasteiger partial charge in [-0.1, -0.05) is 43.3 Å². The molecule has 270 valence electrons. The molecular weight excluding hydrogens is 713 g/mol. The lowest BCUT2D eigenvalue weighted by Gasteiger charge is -2.29. The standard InChI is InChI=1S/C35H40ClF3N4O5S2/c1-35(2,22-8-13-27(36)31(16-22)48-6)32-19-40-34(42(32)24-11-9-23(37)10-12-24)49-21-26-28(38)17-25(18-29(26)39)50(47)41(30(20-44)33(45)46)14-7-15-43(3,4)5/h8-13,16-19,30,44H,7,14-15,20-21H2,1-6H3/p+1. The first kappa shape index (κ1) is 39.4. The lowest BCUT2D eigenvalue weighted by molar-refractivity contribution is -0.870. The van der Waals surface area contributed by atoms with Crippen molar-refractivity contribution in [3.05, 3.63) is 100 Å². The second-order valence-corrected chi connectivity index (χ2v) is 15.9. The molecule has 1 heterocycles. The van der Waals surface area contributed by atoms with Crippen molar-refractivity contribution >= 4 is 40.3 Å². The normalized spacial score (nSPS) is 13.4. The van der Waals surface area contributed by atoms with Crippen LogP contribution in [0.2, 0.25) is 5.02 Å². The average molecular weight is 754 g/mol. The average Bonchev–Trinajstić information content (AvgIpc) is 3.48. The Kier molecular flexibility index (Phi) is 12.8. The van der Waals surface area contributed by atoms with E-state index in [2.05, 4.69) is 4.98 Å². The lowest BCUT2D eigenvalue weighted by atomic mass is 9.81. The van der Waals surface area contributed by atoms with Crippen molar-refractivity contribution in [2.75, 3.05) is 47.9 Å². The zero-order valence-corrected chi connectivity index (χ0v) is 31.0. The summed E-state index contributed by atoms with van der Waals surface area (Å²) in [5.41, 5.74) is 1.12. The molecule has 0 aliphatic carbocycles. The van der Waals surface area contributed by atoms with Crippen LogP contribution in [0.15, 0.2) is 70.8 Å². The first-order chi connectivity index (χ1) is 23.5. The number of carbonyl (C=O) groups is 1. The number of hydrogen-bond acceptors (Lipinski definition) is 6. The summed E-state index contributed by atoms with van der Waals surface area (Å²) >= 11 is 7.33. The van der Waals surface area contributed by atoms with E-state index in [1.54, 1.807) is 29.0 Å². The van der Waals surface area contributed by atoms with Crippen LogP contribution in [0.5, 0.6) is 5.75 Å². The van der Waals surface area contributed by atoms with Crippen LogP contribution >= 0.6 is 23.4 Å². The van der Waals surface area contributed by atoms with Gasteiger partial charge in [0.05, 0.1) is 63.2 Å². The number of carboxylic acids is 1. The third-order valence-electron chi connectivity index (χ3n) is 8.22. The number of thioether (sulfide) groups is 1. The summed E-state index contributed by atoms with van der Waals surface area (Å²) in [5, 5.41) is 20.3. The molecule has 2 N–H and O–H groups in total. The number of benzene rings is 3. The highest BCUT2D eigenvalue weighted by molar-refractivity contribution is 7.98. The molecule has 15 heteroatoms. The van der Waals surface area contributed by atoms with Gasteiger partial charge in [-0.15, -0.1) is 0 Å². The Labute approximate surface area is 301 Å². The number of aromatic nitrogens is 2. The van der Waals surface area contributed by atoms with Crippen LogP contribution in [0.4, 0.5) is 13.2 Å². The van der Waals surface area contributed by atoms with E-state index in [9.17, 15) is 23.6 Å². The number of aliphatic carboxylic acids is 1. The smallest absolute Gasteiger partial charge is 0.324 e. The van der Waals surface area contributed by atoms with Crippen LogP contribution in [0, 0.1) is 17.5 Å². The highest BCUT2D eigenvalue weighted by atomic mass is 35.5. The minimum absolute atomic E-state index is 0.00796. The zero-order valence-electron chi connectivity index (χ0n) is 28.6. The first-order valence-corrected chi connectivity index (χ1v) is 18.1. The number of methoxy groups -OCH3 is 1. The van der Waals surface area contributed by atoms with Crippen molar-refractivity contribution in [1.82, 2.24) is 13.9 Å². The topological polar surface area (TPSA) is 105 Å². The number of aliphatic hydroxyl groups excluding tert-OH is 1. The Morgan fingerprint density at radius 1 is 1.10 bits per heavy atom. The molecule has 0 spiro atoms. The quantitative estimate of drug-likeness (QED) is 0.100. The van der Waals surface area contributed by atoms with Gasteiger partial charge in [0.25, 0.3) is 0 Å². The Bertz CT molecular complexity index is 1830. The molecule has 3 aromatic carbocycles. The monoisotopic (exact) mass is 753 g/mol. The predicted molar refractivity (Wildman–Crippen MR) is 189 cm³/mol. The molecule has 9 nitrogen and oxygen atoms in total. The van der Waals surface area contributed by atoms with Crippen LogP contribution < -0.4 is 4.74 Å². The molecule has 0 aliphatic rings. The number of carboxylic acid groups (broad SMARTS) is 1. The molecule has 0 saturated heterocycles. The number of imidazole rings is 1. The second-order valence-electron chi connectivity index (χ2n) is 13.2. The molecule has 2 atom stereocenters. The number of rotatable bonds is 16. The fraction of sp³-hybridized carbons (Fsp3) is 0.371. The Morgan fingerprint density at radius 3 is 2.30 bits per heavy atom. The van der Waals surface area contributed by atoms with Gasteiger partial charge in [0.15, 0.2) is 5.16 Å². The third kappa shape index (κ3) is 9.09. The van der Waals surface area contributed by atoms with Gasteiger partial charge in [-0.2, -0.15) is 0 Å². The molecule has 50 heavy (non-hydrogen) atoms. The largest absolute Gasteiger partial charge is 0.495 e. The van der Waals surface area contributed by atoms with E-state index in [4.69, 9.17) is 16.3 Å². The van der Waals surface area contributed by atoms with Gasteiger partial charge >= 0.3 is 5.97 Å². The lowest BCUT2D eigenvalue weighted by Crippen LogP contribution is -2.46. The first-order valence-electron chi connectivity index (χ1n) is 15.6. The van der Waals surface area contributed by atoms with Crippen LogP contribution in [0.3, 0.4) is 0 Å². The van der Waals surface area contributed by atoms with E-state index >= 15 is 8.78 Å². The van der Waals surface area contributed by atoms with Gasteiger partial charge in [0.2, 0.25) is 0 Å². The van der Waals surface area contributed by atoms with Crippen LogP contribution in [-0.4, -0.2) is 92.7 Å². The minimum Gasteiger partial charge on any atom is -0.495 e. The fourth-order valence-corrected chi connectivity index (χ4v) is 7.92. The molecule has 0 saturated carbocycles. The molecule has 0 aliphatic heterocycles. The summed E-state index contributed by atoms with van der Waals surface area (Å²) in [6.45, 7) is 3.71. The van der Waals surface area contributed by atoms with Crippen LogP contribution in [0.1, 0.15) is 37.1 Å². The van der Waals surface area contributed by atoms with Gasteiger partial charge in [0.1, 0.15) is 40.2 Å². The molecule has 1 aromatic heterocycles. The van der Waals surface area contributed by atoms with E-state index in [1.807, 2.05) is 47.1 Å². The van der Waals surface area contributed by atoms with Crippen molar-refractivity contribution in [2.24, 2.45) is 0 Å². The SMILES string of the molecule is COc1cc(C(C)(C)c2cnc(SCc3c(F)cc(S(=O)N(CCC[N+](C)(C)C)C(CO)C(=O)O)cc3F)n2-c2ccc(F)cc2)ccc1Cl. The molecule has 2 unspecified atom stereocenters. The van der Waals surface area contributed by atoms with Gasteiger partial charge < -0.3 is 19.4 Å². The van der Waals surface area contributed by atoms with Gasteiger partial charge in [-0.05, 0) is 54.1 Å². The van der Waals surface area contributed by atoms with Gasteiger partial charge in [-0.25, -0.2) is 26.7 Å². The van der Waals surface area contributed by atoms with Crippen molar-refractivity contribution in [2.45, 2.75) is 47.5 Å². The Balaban J connectivity index is 1.67. The molecule has 4 aromatic rings. The summed E-state index contributed by atoms with van der Waals surface area (Å²) in [6.07, 6.45) is 2.07. The molecule has 4 rings (SSSR count). The number of aliphatic hydroxyl groups is 1. The predicted octanol–water partition coefficient (Wildman–Crippen LogP) is 6.44. The van der Waals surface area contributed by atoms with Gasteiger partial charge in [-0.3, -0.25) is 9.36 Å². The van der Waals surface area contributed by atoms with Crippen molar-refractivity contribution in [1.29, 1.82) is 0 Å². The fourth-order valence-electron chi connectivity index (χ4n) is 5.35. The number of hydrogen-bond donors (Lipinski definition) is 2. The van der Waals surface area contributed by atoms with Gasteiger partial charge in [0, 0.05) is 35.4 Å². The third-order valence-corrected chi connectivity index (χ3v) is 11.0. The highest BCUT2D eigenvalue weighted by Crippen LogP contribution is 2.39. The van der Waals surface area contributed by atoms with E-state index in [-0.39, 0.29) is 22.8 Å². The van der Waals surface area contributed by atoms with Crippen molar-refractivity contribution in [3.63, 3.8) is 0 Å². The van der Waals surface area contributed by atoms with E-state index < -0.39 is 52.5 Å². The molecular formula is C35H41ClF3N4O5S2+. The van der Waals surface area contributed by atoms with E-state index in [0.717, 1.165) is 33.8 Å². The Hall–Kier alpha value is -3.40. The maximum Gasteiger partial charge on any atom is 0.324 e. The molecule has 0 bridgehead atoms. The zero-order chi connectivity index (χ0) is 37.0. The minimum atomic E-state index is -2.29. The maximum absolute atomic E-state index is 15.6. The number of quaternary nitrogens is 1. The molecule has 0 radical (unpaired) electrons. The molecule has 0 fully saturated rings. The summed E-state index contributed by atoms with van der Waals surface area (Å²) in [4.78, 5) is 16.2.